The molecule has 3 aliphatic rings. The van der Waals surface area contributed by atoms with Crippen LogP contribution in [0.15, 0.2) is 4.99 Å². The van der Waals surface area contributed by atoms with Gasteiger partial charge in [0.25, 0.3) is 0 Å². The summed E-state index contributed by atoms with van der Waals surface area (Å²) in [6.45, 7) is 7.52. The molecule has 0 bridgehead atoms. The maximum atomic E-state index is 5.73. The Morgan fingerprint density at radius 1 is 0.864 bits per heavy atom. The second-order valence-electron chi connectivity index (χ2n) is 7.41. The molecule has 2 saturated carbocycles. The molecule has 0 amide bonds. The van der Waals surface area contributed by atoms with Crippen LogP contribution in [0.2, 0.25) is 0 Å². The first kappa shape index (κ1) is 24.2. The molecule has 3 heteroatoms. The minimum absolute atomic E-state index is 0. The van der Waals surface area contributed by atoms with Gasteiger partial charge in [-0.1, -0.05) is 65.7 Å². The van der Waals surface area contributed by atoms with E-state index in [2.05, 4.69) is 20.8 Å². The number of rotatable bonds is 1. The average Bonchev–Trinajstić information content (AvgIpc) is 3.13. The molecule has 0 aromatic heterocycles. The third-order valence-corrected chi connectivity index (χ3v) is 4.63. The van der Waals surface area contributed by atoms with Gasteiger partial charge in [0.1, 0.15) is 6.61 Å². The number of ether oxygens (including phenoxy) is 1. The van der Waals surface area contributed by atoms with E-state index in [1.165, 1.54) is 57.8 Å². The third-order valence-electron chi connectivity index (χ3n) is 4.63. The van der Waals surface area contributed by atoms with Crippen LogP contribution < -0.4 is 0 Å². The summed E-state index contributed by atoms with van der Waals surface area (Å²) in [6.07, 6.45) is 12.8. The maximum absolute atomic E-state index is 5.73. The maximum Gasteiger partial charge on any atom is 2.00 e. The zero-order valence-corrected chi connectivity index (χ0v) is 16.5. The molecule has 1 heterocycles. The largest absolute Gasteiger partial charge is 2.00 e. The Labute approximate surface area is 150 Å². The van der Waals surface area contributed by atoms with Crippen LogP contribution in [0.3, 0.4) is 0 Å². The van der Waals surface area contributed by atoms with Crippen molar-refractivity contribution in [3.63, 3.8) is 0 Å². The quantitative estimate of drug-likeness (QED) is 0.428. The van der Waals surface area contributed by atoms with Gasteiger partial charge in [0.05, 0.1) is 6.04 Å². The van der Waals surface area contributed by atoms with Gasteiger partial charge in [0.15, 0.2) is 5.90 Å². The zero-order valence-electron chi connectivity index (χ0n) is 15.4. The second kappa shape index (κ2) is 11.5. The van der Waals surface area contributed by atoms with Crippen LogP contribution in [0.25, 0.3) is 0 Å². The van der Waals surface area contributed by atoms with Crippen molar-refractivity contribution in [1.29, 1.82) is 0 Å². The van der Waals surface area contributed by atoms with Gasteiger partial charge in [-0.2, -0.15) is 0 Å². The molecule has 0 aromatic rings. The number of nitrogens with zero attached hydrogens (tertiary/aromatic N) is 1. The van der Waals surface area contributed by atoms with Crippen molar-refractivity contribution in [2.24, 2.45) is 16.3 Å². The molecule has 0 spiro atoms. The molecule has 2 fully saturated rings. The van der Waals surface area contributed by atoms with E-state index in [0.717, 1.165) is 12.5 Å². The Bertz CT molecular complexity index is 291. The van der Waals surface area contributed by atoms with Crippen molar-refractivity contribution in [3.05, 3.63) is 14.9 Å². The molecular formula is C19H37FeNO. The molecule has 0 unspecified atom stereocenters. The second-order valence-corrected chi connectivity index (χ2v) is 7.41. The van der Waals surface area contributed by atoms with E-state index >= 15 is 0 Å². The summed E-state index contributed by atoms with van der Waals surface area (Å²) in [6, 6.07) is 0.373. The van der Waals surface area contributed by atoms with Crippen LogP contribution in [0.5, 0.6) is 0 Å². The van der Waals surface area contributed by atoms with E-state index in [4.69, 9.17) is 9.73 Å². The van der Waals surface area contributed by atoms with Gasteiger partial charge < -0.3 is 19.6 Å². The monoisotopic (exact) mass is 351 g/mol. The van der Waals surface area contributed by atoms with Gasteiger partial charge in [-0.3, -0.25) is 0 Å². The summed E-state index contributed by atoms with van der Waals surface area (Å²) < 4.78 is 5.73. The van der Waals surface area contributed by atoms with E-state index in [1.807, 2.05) is 0 Å². The molecule has 2 nitrogen and oxygen atoms in total. The van der Waals surface area contributed by atoms with Gasteiger partial charge in [-0.25, -0.2) is 4.99 Å². The van der Waals surface area contributed by atoms with Crippen molar-refractivity contribution in [1.82, 2.24) is 0 Å². The van der Waals surface area contributed by atoms with Gasteiger partial charge in [0.2, 0.25) is 0 Å². The van der Waals surface area contributed by atoms with E-state index < -0.39 is 0 Å². The van der Waals surface area contributed by atoms with Crippen LogP contribution in [0.1, 0.15) is 78.6 Å². The SMILES string of the molecule is C1CCCC1.CC(C)(C)[C@@H]1COC(C2CCCC2)=N1.[CH3-].[CH3-].[Fe+2]. The fraction of sp³-hybridized carbons (Fsp3) is 0.842. The summed E-state index contributed by atoms with van der Waals surface area (Å²) in [5.41, 5.74) is 0.250. The summed E-state index contributed by atoms with van der Waals surface area (Å²) >= 11 is 0. The predicted molar refractivity (Wildman–Crippen MR) is 94.5 cm³/mol. The molecule has 1 atom stereocenters. The topological polar surface area (TPSA) is 21.6 Å². The Morgan fingerprint density at radius 3 is 1.68 bits per heavy atom. The van der Waals surface area contributed by atoms with Crippen LogP contribution in [-0.4, -0.2) is 18.5 Å². The van der Waals surface area contributed by atoms with Crippen LogP contribution in [-0.2, 0) is 21.8 Å². The zero-order chi connectivity index (χ0) is 13.7. The average molecular weight is 351 g/mol. The van der Waals surface area contributed by atoms with Crippen molar-refractivity contribution in [3.8, 4) is 0 Å². The molecule has 0 radical (unpaired) electrons. The van der Waals surface area contributed by atoms with Gasteiger partial charge >= 0.3 is 17.1 Å². The standard InChI is InChI=1S/C12H21NO.C5H10.2CH3.Fe/c1-12(2,3)10-8-14-11(13-10)9-6-4-5-7-9;1-2-4-5-3-1;;;/h9-10H,4-8H2,1-3H3;1-5H2;2*1H3;/q;;2*-1;+2/t10-;;;;/m0..../s1. The van der Waals surface area contributed by atoms with E-state index in [9.17, 15) is 0 Å². The number of hydrogen-bond acceptors (Lipinski definition) is 2. The Hall–Kier alpha value is -0.0105. The minimum atomic E-state index is 0. The first-order chi connectivity index (χ1) is 9.07. The van der Waals surface area contributed by atoms with Gasteiger partial charge in [-0.05, 0) is 18.3 Å². The van der Waals surface area contributed by atoms with E-state index in [0.29, 0.717) is 12.0 Å². The first-order valence-electron chi connectivity index (χ1n) is 8.28. The van der Waals surface area contributed by atoms with E-state index in [-0.39, 0.29) is 37.3 Å². The summed E-state index contributed by atoms with van der Waals surface area (Å²) in [5, 5.41) is 0. The van der Waals surface area contributed by atoms with E-state index in [1.54, 1.807) is 0 Å². The summed E-state index contributed by atoms with van der Waals surface area (Å²) in [7, 11) is 0. The Kier molecular flexibility index (Phi) is 12.7. The van der Waals surface area contributed by atoms with Gasteiger partial charge in [-0.15, -0.1) is 0 Å². The van der Waals surface area contributed by atoms with Crippen molar-refractivity contribution < 1.29 is 21.8 Å². The van der Waals surface area contributed by atoms with Crippen molar-refractivity contribution in [2.75, 3.05) is 6.61 Å². The molecule has 132 valence electrons. The molecule has 2 aliphatic carbocycles. The van der Waals surface area contributed by atoms with Gasteiger partial charge in [0, 0.05) is 5.92 Å². The normalized spacial score (nSPS) is 24.0. The Morgan fingerprint density at radius 2 is 1.32 bits per heavy atom. The molecule has 3 rings (SSSR count). The summed E-state index contributed by atoms with van der Waals surface area (Å²) in [5.74, 6) is 1.70. The fourth-order valence-electron chi connectivity index (χ4n) is 3.12. The van der Waals surface area contributed by atoms with Crippen LogP contribution in [0, 0.1) is 26.2 Å². The van der Waals surface area contributed by atoms with Crippen LogP contribution in [0.4, 0.5) is 0 Å². The minimum Gasteiger partial charge on any atom is -0.478 e. The summed E-state index contributed by atoms with van der Waals surface area (Å²) in [4.78, 5) is 4.74. The molecule has 0 N–H and O–H groups in total. The smallest absolute Gasteiger partial charge is 0.478 e. The third kappa shape index (κ3) is 7.51. The number of aliphatic imine (C=N–C) groups is 1. The molecule has 0 aromatic carbocycles. The first-order valence-corrected chi connectivity index (χ1v) is 8.28. The molecular weight excluding hydrogens is 314 g/mol. The van der Waals surface area contributed by atoms with Crippen molar-refractivity contribution in [2.45, 2.75) is 84.6 Å². The number of hydrogen-bond donors (Lipinski definition) is 0. The van der Waals surface area contributed by atoms with Crippen molar-refractivity contribution >= 4 is 5.90 Å². The predicted octanol–water partition coefficient (Wildman–Crippen LogP) is 5.87. The van der Waals surface area contributed by atoms with Crippen LogP contribution >= 0.6 is 0 Å². The fourth-order valence-corrected chi connectivity index (χ4v) is 3.12. The molecule has 1 aliphatic heterocycles. The Balaban J connectivity index is 0. The molecule has 22 heavy (non-hydrogen) atoms. The molecule has 0 saturated heterocycles.